The number of halogens is 3. The molecule has 10 heteroatoms. The number of hydrogen-bond donors (Lipinski definition) is 1. The fraction of sp³-hybridized carbons (Fsp3) is 0.375. The van der Waals surface area contributed by atoms with Crippen molar-refractivity contribution >= 4 is 22.5 Å². The van der Waals surface area contributed by atoms with Gasteiger partial charge in [-0.2, -0.15) is 4.39 Å². The summed E-state index contributed by atoms with van der Waals surface area (Å²) in [5, 5.41) is 3.07. The maximum Gasteiger partial charge on any atom is 0.331 e. The molecule has 1 atom stereocenters. The minimum atomic E-state index is -1.33. The average molecular weight is 477 g/mol. The summed E-state index contributed by atoms with van der Waals surface area (Å²) >= 11 is 0. The van der Waals surface area contributed by atoms with Crippen LogP contribution in [0.5, 0.6) is 5.75 Å². The van der Waals surface area contributed by atoms with Gasteiger partial charge < -0.3 is 10.1 Å². The highest BCUT2D eigenvalue weighted by Gasteiger charge is 2.16. The Balaban J connectivity index is 1.65. The van der Waals surface area contributed by atoms with Crippen LogP contribution in [0.25, 0.3) is 10.9 Å². The van der Waals surface area contributed by atoms with E-state index in [2.05, 4.69) is 5.32 Å². The summed E-state index contributed by atoms with van der Waals surface area (Å²) in [5.41, 5.74) is 0.108. The lowest BCUT2D eigenvalue weighted by atomic mass is 10.0. The lowest BCUT2D eigenvalue weighted by molar-refractivity contribution is -0.117. The molecule has 0 aliphatic carbocycles. The molecule has 7 nitrogen and oxygen atoms in total. The third kappa shape index (κ3) is 5.32. The molecular weight excluding hydrogens is 451 g/mol. The van der Waals surface area contributed by atoms with Gasteiger partial charge in [0.05, 0.1) is 17.5 Å². The van der Waals surface area contributed by atoms with E-state index in [1.165, 1.54) is 4.57 Å². The summed E-state index contributed by atoms with van der Waals surface area (Å²) in [7, 11) is 0. The van der Waals surface area contributed by atoms with E-state index < -0.39 is 28.8 Å². The smallest absolute Gasteiger partial charge is 0.331 e. The van der Waals surface area contributed by atoms with Gasteiger partial charge in [-0.25, -0.2) is 13.6 Å². The van der Waals surface area contributed by atoms with E-state index in [1.807, 2.05) is 6.92 Å². The zero-order chi connectivity index (χ0) is 25.0. The van der Waals surface area contributed by atoms with Crippen LogP contribution >= 0.6 is 0 Å². The lowest BCUT2D eigenvalue weighted by Gasteiger charge is -2.14. The number of amides is 1. The zero-order valence-electron chi connectivity index (χ0n) is 19.2. The van der Waals surface area contributed by atoms with Crippen molar-refractivity contribution in [3.8, 4) is 5.75 Å². The zero-order valence-corrected chi connectivity index (χ0v) is 19.2. The Morgan fingerprint density at radius 3 is 2.44 bits per heavy atom. The van der Waals surface area contributed by atoms with Gasteiger partial charge in [0.1, 0.15) is 5.82 Å². The Kier molecular flexibility index (Phi) is 7.80. The first-order chi connectivity index (χ1) is 16.2. The van der Waals surface area contributed by atoms with Crippen LogP contribution < -0.4 is 21.3 Å². The predicted molar refractivity (Wildman–Crippen MR) is 123 cm³/mol. The number of carbonyl (C=O) groups is 1. The van der Waals surface area contributed by atoms with Gasteiger partial charge in [-0.1, -0.05) is 6.92 Å². The number of carbonyl (C=O) groups excluding carboxylic acids is 1. The molecule has 1 amide bonds. The van der Waals surface area contributed by atoms with Crippen LogP contribution in [0.1, 0.15) is 33.6 Å². The quantitative estimate of drug-likeness (QED) is 0.472. The summed E-state index contributed by atoms with van der Waals surface area (Å²) in [6.45, 7) is 5.90. The van der Waals surface area contributed by atoms with Gasteiger partial charge in [-0.15, -0.1) is 0 Å². The summed E-state index contributed by atoms with van der Waals surface area (Å²) in [5.74, 6) is -4.55. The molecule has 0 radical (unpaired) electrons. The van der Waals surface area contributed by atoms with Crippen molar-refractivity contribution in [1.82, 2.24) is 9.13 Å². The van der Waals surface area contributed by atoms with Crippen molar-refractivity contribution in [2.75, 3.05) is 11.9 Å². The minimum Gasteiger partial charge on any atom is -0.490 e. The van der Waals surface area contributed by atoms with Gasteiger partial charge in [0.25, 0.3) is 5.56 Å². The standard InChI is InChI=1S/C24H26F3N3O4/c1-4-29-19-7-6-16(13-17(19)23(32)30(5-2)24(29)33)28-21(31)10-14(3)8-9-34-20-12-15(25)11-18(26)22(20)27/h6-7,11-14H,4-5,8-10H2,1-3H3,(H,28,31). The van der Waals surface area contributed by atoms with Crippen molar-refractivity contribution in [3.05, 3.63) is 68.6 Å². The van der Waals surface area contributed by atoms with E-state index >= 15 is 0 Å². The summed E-state index contributed by atoms with van der Waals surface area (Å²) in [4.78, 5) is 37.7. The van der Waals surface area contributed by atoms with Gasteiger partial charge in [-0.3, -0.25) is 18.7 Å². The summed E-state index contributed by atoms with van der Waals surface area (Å²) in [6.07, 6.45) is 0.446. The van der Waals surface area contributed by atoms with E-state index in [4.69, 9.17) is 4.74 Å². The molecule has 3 rings (SSSR count). The molecule has 1 heterocycles. The second kappa shape index (κ2) is 10.6. The molecular formula is C24H26F3N3O4. The van der Waals surface area contributed by atoms with Gasteiger partial charge in [0.15, 0.2) is 11.6 Å². The molecule has 0 aliphatic heterocycles. The third-order valence-electron chi connectivity index (χ3n) is 5.50. The van der Waals surface area contributed by atoms with E-state index in [0.29, 0.717) is 35.6 Å². The molecule has 0 spiro atoms. The maximum atomic E-state index is 13.6. The van der Waals surface area contributed by atoms with E-state index in [1.54, 1.807) is 32.0 Å². The van der Waals surface area contributed by atoms with Crippen molar-refractivity contribution in [2.45, 2.75) is 46.7 Å². The number of aryl methyl sites for hydroxylation is 1. The molecule has 0 saturated carbocycles. The Morgan fingerprint density at radius 1 is 1.06 bits per heavy atom. The second-order valence-corrected chi connectivity index (χ2v) is 8.00. The Hall–Kier alpha value is -3.56. The normalized spacial score (nSPS) is 12.1. The molecule has 1 aromatic heterocycles. The molecule has 3 aromatic rings. The number of benzene rings is 2. The number of ether oxygens (including phenoxy) is 1. The van der Waals surface area contributed by atoms with E-state index in [9.17, 15) is 27.6 Å². The molecule has 1 unspecified atom stereocenters. The van der Waals surface area contributed by atoms with Crippen LogP contribution in [0.4, 0.5) is 18.9 Å². The first-order valence-corrected chi connectivity index (χ1v) is 11.0. The Bertz CT molecular complexity index is 1330. The molecule has 0 saturated heterocycles. The summed E-state index contributed by atoms with van der Waals surface area (Å²) < 4.78 is 47.9. The van der Waals surface area contributed by atoms with E-state index in [-0.39, 0.29) is 37.1 Å². The number of anilines is 1. The molecule has 0 aliphatic rings. The highest BCUT2D eigenvalue weighted by atomic mass is 19.2. The monoisotopic (exact) mass is 477 g/mol. The van der Waals surface area contributed by atoms with Crippen LogP contribution in [0, 0.1) is 23.4 Å². The van der Waals surface area contributed by atoms with Gasteiger partial charge in [0.2, 0.25) is 11.7 Å². The first kappa shape index (κ1) is 25.1. The minimum absolute atomic E-state index is 0.0324. The van der Waals surface area contributed by atoms with Crippen LogP contribution in [-0.2, 0) is 17.9 Å². The number of nitrogens with one attached hydrogen (secondary N) is 1. The van der Waals surface area contributed by atoms with Crippen molar-refractivity contribution in [1.29, 1.82) is 0 Å². The van der Waals surface area contributed by atoms with Crippen LogP contribution in [0.3, 0.4) is 0 Å². The summed E-state index contributed by atoms with van der Waals surface area (Å²) in [6, 6.07) is 5.99. The van der Waals surface area contributed by atoms with Gasteiger partial charge in [-0.05, 0) is 44.4 Å². The fourth-order valence-corrected chi connectivity index (χ4v) is 3.72. The number of nitrogens with zero attached hydrogens (tertiary/aromatic N) is 2. The molecule has 182 valence electrons. The molecule has 2 aromatic carbocycles. The highest BCUT2D eigenvalue weighted by molar-refractivity contribution is 5.93. The van der Waals surface area contributed by atoms with Crippen molar-refractivity contribution in [2.24, 2.45) is 5.92 Å². The van der Waals surface area contributed by atoms with Gasteiger partial charge in [0, 0.05) is 37.3 Å². The highest BCUT2D eigenvalue weighted by Crippen LogP contribution is 2.22. The molecule has 0 fully saturated rings. The SMILES string of the molecule is CCn1c(=O)c2cc(NC(=O)CC(C)CCOc3cc(F)cc(F)c3F)ccc2n(CC)c1=O. The lowest BCUT2D eigenvalue weighted by Crippen LogP contribution is -2.39. The Morgan fingerprint density at radius 2 is 1.76 bits per heavy atom. The first-order valence-electron chi connectivity index (χ1n) is 11.0. The van der Waals surface area contributed by atoms with Crippen LogP contribution in [0.2, 0.25) is 0 Å². The van der Waals surface area contributed by atoms with Gasteiger partial charge >= 0.3 is 5.69 Å². The number of aromatic nitrogens is 2. The van der Waals surface area contributed by atoms with Crippen molar-refractivity contribution < 1.29 is 22.7 Å². The number of fused-ring (bicyclic) bond motifs is 1. The predicted octanol–water partition coefficient (Wildman–Crippen LogP) is 4.05. The second-order valence-electron chi connectivity index (χ2n) is 8.00. The van der Waals surface area contributed by atoms with E-state index in [0.717, 1.165) is 10.6 Å². The van der Waals surface area contributed by atoms with Crippen LogP contribution in [0.15, 0.2) is 39.9 Å². The van der Waals surface area contributed by atoms with Crippen molar-refractivity contribution in [3.63, 3.8) is 0 Å². The maximum absolute atomic E-state index is 13.6. The number of hydrogen-bond acceptors (Lipinski definition) is 4. The third-order valence-corrected chi connectivity index (χ3v) is 5.50. The molecule has 0 bridgehead atoms. The molecule has 1 N–H and O–H groups in total. The topological polar surface area (TPSA) is 82.3 Å². The average Bonchev–Trinajstić information content (AvgIpc) is 2.78. The largest absolute Gasteiger partial charge is 0.490 e. The number of rotatable bonds is 9. The molecule has 34 heavy (non-hydrogen) atoms. The fourth-order valence-electron chi connectivity index (χ4n) is 3.72. The Labute approximate surface area is 193 Å². The van der Waals surface area contributed by atoms with Crippen LogP contribution in [-0.4, -0.2) is 21.6 Å².